The lowest BCUT2D eigenvalue weighted by atomic mass is 10.1. The van der Waals surface area contributed by atoms with E-state index in [9.17, 15) is 9.59 Å². The first kappa shape index (κ1) is 18.7. The Labute approximate surface area is 157 Å². The fourth-order valence-corrected chi connectivity index (χ4v) is 4.41. The van der Waals surface area contributed by atoms with Crippen LogP contribution in [0.4, 0.5) is 0 Å². The Hall–Kier alpha value is -2.09. The molecule has 0 bridgehead atoms. The Morgan fingerprint density at radius 2 is 2.15 bits per heavy atom. The van der Waals surface area contributed by atoms with Crippen molar-refractivity contribution in [1.29, 1.82) is 0 Å². The smallest absolute Gasteiger partial charge is 0.257 e. The zero-order valence-corrected chi connectivity index (χ0v) is 16.5. The van der Waals surface area contributed by atoms with E-state index in [2.05, 4.69) is 15.4 Å². The lowest BCUT2D eigenvalue weighted by Crippen LogP contribution is -2.41. The Bertz CT molecular complexity index is 886. The third-order valence-corrected chi connectivity index (χ3v) is 5.84. The number of carbonyl (C=O) groups excluding carboxylic acids is 1. The molecule has 3 rings (SSSR count). The molecule has 8 heteroatoms. The summed E-state index contributed by atoms with van der Waals surface area (Å²) in [5.74, 6) is 0.401. The minimum atomic E-state index is -0.222. The van der Waals surface area contributed by atoms with Crippen LogP contribution in [0.15, 0.2) is 16.0 Å². The molecule has 0 saturated carbocycles. The van der Waals surface area contributed by atoms with Crippen LogP contribution in [-0.2, 0) is 24.3 Å². The fraction of sp³-hybridized carbons (Fsp3) is 0.556. The van der Waals surface area contributed by atoms with Crippen molar-refractivity contribution in [3.63, 3.8) is 0 Å². The van der Waals surface area contributed by atoms with E-state index in [4.69, 9.17) is 0 Å². The number of aromatic nitrogens is 4. The first-order chi connectivity index (χ1) is 12.4. The first-order valence-corrected chi connectivity index (χ1v) is 9.91. The van der Waals surface area contributed by atoms with Crippen molar-refractivity contribution in [3.8, 4) is 0 Å². The molecule has 1 amide bonds. The van der Waals surface area contributed by atoms with Crippen molar-refractivity contribution >= 4 is 17.7 Å². The number of amides is 1. The highest BCUT2D eigenvalue weighted by atomic mass is 32.2. The third kappa shape index (κ3) is 3.70. The number of carbonyl (C=O) groups is 1. The molecule has 140 valence electrons. The maximum atomic E-state index is 12.6. The van der Waals surface area contributed by atoms with Gasteiger partial charge >= 0.3 is 0 Å². The number of rotatable bonds is 5. The van der Waals surface area contributed by atoms with Gasteiger partial charge in [0.2, 0.25) is 5.91 Å². The molecular formula is C18H25N5O2S. The average molecular weight is 375 g/mol. The van der Waals surface area contributed by atoms with Crippen LogP contribution >= 0.6 is 11.8 Å². The van der Waals surface area contributed by atoms with E-state index >= 15 is 0 Å². The van der Waals surface area contributed by atoms with E-state index in [1.54, 1.807) is 4.57 Å². The zero-order chi connectivity index (χ0) is 18.8. The monoisotopic (exact) mass is 375 g/mol. The van der Waals surface area contributed by atoms with Crippen LogP contribution in [0, 0.1) is 26.7 Å². The van der Waals surface area contributed by atoms with Crippen LogP contribution in [-0.4, -0.2) is 37.5 Å². The van der Waals surface area contributed by atoms with Crippen molar-refractivity contribution < 1.29 is 4.79 Å². The van der Waals surface area contributed by atoms with E-state index in [-0.39, 0.29) is 17.4 Å². The summed E-state index contributed by atoms with van der Waals surface area (Å²) in [5, 5.41) is 8.09. The van der Waals surface area contributed by atoms with Crippen LogP contribution < -0.4 is 10.9 Å². The van der Waals surface area contributed by atoms with Gasteiger partial charge < -0.3 is 5.32 Å². The molecule has 0 aromatic carbocycles. The van der Waals surface area contributed by atoms with Gasteiger partial charge in [-0.3, -0.25) is 18.8 Å². The second-order valence-corrected chi connectivity index (χ2v) is 7.66. The second-order valence-electron chi connectivity index (χ2n) is 6.68. The predicted molar refractivity (Wildman–Crippen MR) is 102 cm³/mol. The van der Waals surface area contributed by atoms with Crippen LogP contribution in [0.1, 0.15) is 29.6 Å². The molecule has 3 heterocycles. The highest BCUT2D eigenvalue weighted by Gasteiger charge is 2.27. The van der Waals surface area contributed by atoms with Gasteiger partial charge in [-0.15, -0.1) is 0 Å². The van der Waals surface area contributed by atoms with Gasteiger partial charge in [0.05, 0.1) is 18.2 Å². The number of aryl methyl sites for hydroxylation is 3. The van der Waals surface area contributed by atoms with Crippen molar-refractivity contribution in [1.82, 2.24) is 24.6 Å². The molecule has 1 aliphatic rings. The largest absolute Gasteiger partial charge is 0.354 e. The summed E-state index contributed by atoms with van der Waals surface area (Å²) in [6.45, 7) is 9.35. The van der Waals surface area contributed by atoms with Crippen molar-refractivity contribution in [2.45, 2.75) is 52.4 Å². The van der Waals surface area contributed by atoms with Gasteiger partial charge in [-0.1, -0.05) is 18.7 Å². The average Bonchev–Trinajstić information content (AvgIpc) is 2.92. The molecule has 0 saturated heterocycles. The lowest BCUT2D eigenvalue weighted by molar-refractivity contribution is -0.124. The summed E-state index contributed by atoms with van der Waals surface area (Å²) >= 11 is 1.48. The SMILES string of the molecule is CCc1c(C)nc2n(c1=O)C[C@H](C(=O)NCCn1nc(C)cc1C)CS2. The van der Waals surface area contributed by atoms with E-state index in [1.165, 1.54) is 11.8 Å². The quantitative estimate of drug-likeness (QED) is 0.800. The van der Waals surface area contributed by atoms with Crippen LogP contribution in [0.2, 0.25) is 0 Å². The van der Waals surface area contributed by atoms with Crippen molar-refractivity contribution in [3.05, 3.63) is 39.1 Å². The minimum Gasteiger partial charge on any atom is -0.354 e. The molecular weight excluding hydrogens is 350 g/mol. The lowest BCUT2D eigenvalue weighted by Gasteiger charge is -2.25. The topological polar surface area (TPSA) is 81.8 Å². The third-order valence-electron chi connectivity index (χ3n) is 4.70. The molecule has 1 aliphatic heterocycles. The number of hydrogen-bond acceptors (Lipinski definition) is 5. The maximum Gasteiger partial charge on any atom is 0.257 e. The summed E-state index contributed by atoms with van der Waals surface area (Å²) < 4.78 is 3.55. The van der Waals surface area contributed by atoms with Crippen molar-refractivity contribution in [2.75, 3.05) is 12.3 Å². The minimum absolute atomic E-state index is 0.0114. The summed E-state index contributed by atoms with van der Waals surface area (Å²) in [5.41, 5.74) is 3.58. The summed E-state index contributed by atoms with van der Waals surface area (Å²) in [4.78, 5) is 29.7. The molecule has 2 aromatic heterocycles. The van der Waals surface area contributed by atoms with Gasteiger partial charge in [0.25, 0.3) is 5.56 Å². The molecule has 0 unspecified atom stereocenters. The van der Waals surface area contributed by atoms with Gasteiger partial charge in [0, 0.05) is 35.8 Å². The molecule has 1 N–H and O–H groups in total. The molecule has 0 fully saturated rings. The van der Waals surface area contributed by atoms with Crippen LogP contribution in [0.3, 0.4) is 0 Å². The van der Waals surface area contributed by atoms with Gasteiger partial charge in [-0.25, -0.2) is 4.98 Å². The normalized spacial score (nSPS) is 16.4. The van der Waals surface area contributed by atoms with Crippen molar-refractivity contribution in [2.24, 2.45) is 5.92 Å². The standard InChI is InChI=1S/C18H25N5O2S/c1-5-15-13(4)20-18-22(17(15)25)9-14(10-26-18)16(24)19-6-7-23-12(3)8-11(2)21-23/h8,14H,5-7,9-10H2,1-4H3,(H,19,24)/t14-/m0/s1. The van der Waals surface area contributed by atoms with Gasteiger partial charge in [0.1, 0.15) is 0 Å². The summed E-state index contributed by atoms with van der Waals surface area (Å²) in [6.07, 6.45) is 0.655. The molecule has 2 aromatic rings. The van der Waals surface area contributed by atoms with Crippen LogP contribution in [0.25, 0.3) is 0 Å². The van der Waals surface area contributed by atoms with Gasteiger partial charge in [-0.2, -0.15) is 5.10 Å². The Balaban J connectivity index is 1.64. The highest BCUT2D eigenvalue weighted by molar-refractivity contribution is 7.99. The maximum absolute atomic E-state index is 12.6. The molecule has 1 atom stereocenters. The summed E-state index contributed by atoms with van der Waals surface area (Å²) in [6, 6.07) is 2.02. The Morgan fingerprint density at radius 3 is 2.81 bits per heavy atom. The molecule has 26 heavy (non-hydrogen) atoms. The number of fused-ring (bicyclic) bond motifs is 1. The van der Waals surface area contributed by atoms with Gasteiger partial charge in [-0.05, 0) is 33.3 Å². The van der Waals surface area contributed by atoms with E-state index in [0.29, 0.717) is 31.8 Å². The first-order valence-electron chi connectivity index (χ1n) is 8.92. The Kier molecular flexibility index (Phi) is 5.50. The number of nitrogens with one attached hydrogen (secondary N) is 1. The highest BCUT2D eigenvalue weighted by Crippen LogP contribution is 2.25. The molecule has 0 spiro atoms. The number of thioether (sulfide) groups is 1. The zero-order valence-electron chi connectivity index (χ0n) is 15.7. The van der Waals surface area contributed by atoms with Gasteiger partial charge in [0.15, 0.2) is 5.16 Å². The second kappa shape index (κ2) is 7.65. The number of hydrogen-bond donors (Lipinski definition) is 1. The summed E-state index contributed by atoms with van der Waals surface area (Å²) in [7, 11) is 0. The fourth-order valence-electron chi connectivity index (χ4n) is 3.29. The van der Waals surface area contributed by atoms with Crippen LogP contribution in [0.5, 0.6) is 0 Å². The molecule has 0 aliphatic carbocycles. The van der Waals surface area contributed by atoms with E-state index in [1.807, 2.05) is 38.4 Å². The van der Waals surface area contributed by atoms with E-state index in [0.717, 1.165) is 27.8 Å². The predicted octanol–water partition coefficient (Wildman–Crippen LogP) is 1.47. The molecule has 0 radical (unpaired) electrons. The Morgan fingerprint density at radius 1 is 1.38 bits per heavy atom. The van der Waals surface area contributed by atoms with E-state index < -0.39 is 0 Å². The molecule has 7 nitrogen and oxygen atoms in total. The number of nitrogens with zero attached hydrogens (tertiary/aromatic N) is 4.